The van der Waals surface area contributed by atoms with Crippen molar-refractivity contribution in [2.75, 3.05) is 32.8 Å². The molecule has 31 heavy (non-hydrogen) atoms. The summed E-state index contributed by atoms with van der Waals surface area (Å²) >= 11 is 0. The number of fused-ring (bicyclic) bond motifs is 1. The molecular weight excluding hydrogens is 392 g/mol. The van der Waals surface area contributed by atoms with Gasteiger partial charge in [0.15, 0.2) is 11.5 Å². The fourth-order valence-corrected chi connectivity index (χ4v) is 4.45. The van der Waals surface area contributed by atoms with Crippen LogP contribution in [0, 0.1) is 0 Å². The van der Waals surface area contributed by atoms with Crippen LogP contribution in [0.4, 0.5) is 0 Å². The average molecular weight is 433 g/mol. The summed E-state index contributed by atoms with van der Waals surface area (Å²) in [5.41, 5.74) is 8.63. The van der Waals surface area contributed by atoms with Crippen molar-refractivity contribution in [2.45, 2.75) is 71.4 Å². The minimum absolute atomic E-state index is 0. The summed E-state index contributed by atoms with van der Waals surface area (Å²) in [4.78, 5) is 2.45. The summed E-state index contributed by atoms with van der Waals surface area (Å²) in [6.45, 7) is 6.36. The predicted molar refractivity (Wildman–Crippen MR) is 124 cm³/mol. The van der Waals surface area contributed by atoms with E-state index >= 15 is 0 Å². The van der Waals surface area contributed by atoms with Gasteiger partial charge in [-0.05, 0) is 56.5 Å². The second-order valence-electron chi connectivity index (χ2n) is 8.53. The molecule has 7 nitrogen and oxygen atoms in total. The van der Waals surface area contributed by atoms with Crippen molar-refractivity contribution in [3.8, 4) is 11.5 Å². The van der Waals surface area contributed by atoms with E-state index in [9.17, 15) is 5.11 Å². The lowest BCUT2D eigenvalue weighted by Gasteiger charge is -2.34. The molecule has 2 atom stereocenters. The van der Waals surface area contributed by atoms with Crippen LogP contribution in [0.1, 0.15) is 71.0 Å². The van der Waals surface area contributed by atoms with Crippen LogP contribution in [0.15, 0.2) is 30.1 Å². The number of aliphatic hydroxyl groups is 1. The second-order valence-corrected chi connectivity index (χ2v) is 8.53. The Balaban J connectivity index is 0.00000272. The molecule has 0 radical (unpaired) electrons. The maximum atomic E-state index is 11.4. The molecule has 3 aliphatic heterocycles. The number of hydrazine groups is 2. The molecule has 7 heteroatoms. The predicted octanol–water partition coefficient (Wildman–Crippen LogP) is 3.73. The average Bonchev–Trinajstić information content (AvgIpc) is 3.46. The zero-order valence-corrected chi connectivity index (χ0v) is 18.1. The molecule has 0 unspecified atom stereocenters. The molecule has 0 saturated carbocycles. The van der Waals surface area contributed by atoms with Gasteiger partial charge in [0, 0.05) is 18.4 Å². The summed E-state index contributed by atoms with van der Waals surface area (Å²) in [7, 11) is 0. The summed E-state index contributed by atoms with van der Waals surface area (Å²) in [6, 6.07) is 5.68. The number of ether oxygens (including phenoxy) is 2. The molecular formula is C24H40N4O3. The Morgan fingerprint density at radius 1 is 1.06 bits per heavy atom. The Kier molecular flexibility index (Phi) is 8.87. The zero-order chi connectivity index (χ0) is 20.8. The zero-order valence-electron chi connectivity index (χ0n) is 18.1. The number of benzene rings is 1. The lowest BCUT2D eigenvalue weighted by molar-refractivity contribution is 0.0300. The number of allylic oxidation sites excluding steroid dienone is 1. The van der Waals surface area contributed by atoms with Gasteiger partial charge in [0.2, 0.25) is 0 Å². The minimum Gasteiger partial charge on any atom is -0.486 e. The van der Waals surface area contributed by atoms with Crippen molar-refractivity contribution >= 4 is 0 Å². The SMILES string of the molecule is C.CCCCCCC1=CN([C@H](CN2CCCC2)[C@H](O)c2ccc3c(c2)OCCO3)NN1. The van der Waals surface area contributed by atoms with Crippen molar-refractivity contribution in [2.24, 2.45) is 0 Å². The molecule has 0 aliphatic carbocycles. The largest absolute Gasteiger partial charge is 0.486 e. The third-order valence-electron chi connectivity index (χ3n) is 6.21. The van der Waals surface area contributed by atoms with Crippen molar-refractivity contribution in [3.63, 3.8) is 0 Å². The van der Waals surface area contributed by atoms with Gasteiger partial charge in [-0.3, -0.25) is 5.01 Å². The Morgan fingerprint density at radius 3 is 2.61 bits per heavy atom. The number of aliphatic hydroxyl groups excluding tert-OH is 1. The van der Waals surface area contributed by atoms with Gasteiger partial charge < -0.3 is 24.9 Å². The molecule has 0 spiro atoms. The van der Waals surface area contributed by atoms with Gasteiger partial charge in [-0.25, -0.2) is 0 Å². The van der Waals surface area contributed by atoms with Crippen molar-refractivity contribution < 1.29 is 14.6 Å². The quantitative estimate of drug-likeness (QED) is 0.487. The molecule has 1 aromatic rings. The summed E-state index contributed by atoms with van der Waals surface area (Å²) in [6.07, 6.45) is 9.95. The third kappa shape index (κ3) is 6.05. The molecule has 174 valence electrons. The smallest absolute Gasteiger partial charge is 0.161 e. The van der Waals surface area contributed by atoms with Gasteiger partial charge in [0.05, 0.1) is 6.04 Å². The highest BCUT2D eigenvalue weighted by Crippen LogP contribution is 2.34. The van der Waals surface area contributed by atoms with Crippen LogP contribution in [0.25, 0.3) is 0 Å². The van der Waals surface area contributed by atoms with Crippen LogP contribution in [-0.2, 0) is 0 Å². The third-order valence-corrected chi connectivity index (χ3v) is 6.21. The van der Waals surface area contributed by atoms with Gasteiger partial charge in [-0.1, -0.05) is 39.7 Å². The molecule has 3 aliphatic rings. The Bertz CT molecular complexity index is 721. The first-order valence-electron chi connectivity index (χ1n) is 11.6. The summed E-state index contributed by atoms with van der Waals surface area (Å²) in [5.74, 6) is 1.47. The van der Waals surface area contributed by atoms with E-state index < -0.39 is 6.10 Å². The molecule has 1 fully saturated rings. The number of hydrogen-bond acceptors (Lipinski definition) is 7. The number of nitrogens with one attached hydrogen (secondary N) is 2. The van der Waals surface area contributed by atoms with Crippen molar-refractivity contribution in [1.82, 2.24) is 20.9 Å². The van der Waals surface area contributed by atoms with E-state index in [1.54, 1.807) is 0 Å². The number of likely N-dealkylation sites (tertiary alicyclic amines) is 1. The summed E-state index contributed by atoms with van der Waals surface area (Å²) < 4.78 is 11.4. The Morgan fingerprint density at radius 2 is 1.84 bits per heavy atom. The monoisotopic (exact) mass is 432 g/mol. The second kappa shape index (κ2) is 11.6. The summed E-state index contributed by atoms with van der Waals surface area (Å²) in [5, 5.41) is 13.4. The fraction of sp³-hybridized carbons (Fsp3) is 0.667. The van der Waals surface area contributed by atoms with E-state index in [0.29, 0.717) is 13.2 Å². The molecule has 3 heterocycles. The van der Waals surface area contributed by atoms with Crippen molar-refractivity contribution in [3.05, 3.63) is 35.7 Å². The van der Waals surface area contributed by atoms with E-state index in [4.69, 9.17) is 9.47 Å². The standard InChI is InChI=1S/C23H36N4O3.CH4/c1-2-3-4-5-8-19-16-27(25-24-19)20(17-26-11-6-7-12-26)23(28)18-9-10-21-22(15-18)30-14-13-29-21;/h9-10,15-16,20,23-25,28H,2-8,11-14,17H2,1H3;1H4/t20-,23-;/m1./s1. The molecule has 1 aromatic carbocycles. The van der Waals surface area contributed by atoms with Gasteiger partial charge in [-0.15, -0.1) is 5.53 Å². The van der Waals surface area contributed by atoms with Crippen LogP contribution in [0.2, 0.25) is 0 Å². The highest BCUT2D eigenvalue weighted by Gasteiger charge is 2.32. The lowest BCUT2D eigenvalue weighted by Crippen LogP contribution is -2.50. The first kappa shape index (κ1) is 23.7. The van der Waals surface area contributed by atoms with E-state index in [0.717, 1.165) is 43.1 Å². The van der Waals surface area contributed by atoms with E-state index in [1.165, 1.54) is 44.2 Å². The van der Waals surface area contributed by atoms with E-state index in [2.05, 4.69) is 34.0 Å². The van der Waals surface area contributed by atoms with Crippen LogP contribution in [0.5, 0.6) is 11.5 Å². The maximum absolute atomic E-state index is 11.4. The van der Waals surface area contributed by atoms with Gasteiger partial charge in [-0.2, -0.15) is 0 Å². The van der Waals surface area contributed by atoms with E-state index in [-0.39, 0.29) is 13.5 Å². The number of hydrogen-bond donors (Lipinski definition) is 3. The molecule has 0 amide bonds. The molecule has 4 rings (SSSR count). The van der Waals surface area contributed by atoms with Crippen LogP contribution >= 0.6 is 0 Å². The topological polar surface area (TPSA) is 69.2 Å². The van der Waals surface area contributed by atoms with Crippen molar-refractivity contribution in [1.29, 1.82) is 0 Å². The molecule has 0 bridgehead atoms. The van der Waals surface area contributed by atoms with Crippen LogP contribution in [0.3, 0.4) is 0 Å². The first-order valence-corrected chi connectivity index (χ1v) is 11.6. The fourth-order valence-electron chi connectivity index (χ4n) is 4.45. The number of unbranched alkanes of at least 4 members (excludes halogenated alkanes) is 3. The van der Waals surface area contributed by atoms with Crippen LogP contribution in [-0.4, -0.2) is 53.9 Å². The molecule has 3 N–H and O–H groups in total. The normalized spacial score (nSPS) is 20.1. The Labute approximate surface area is 187 Å². The highest BCUT2D eigenvalue weighted by molar-refractivity contribution is 5.44. The van der Waals surface area contributed by atoms with Gasteiger partial charge >= 0.3 is 0 Å². The minimum atomic E-state index is -0.647. The molecule has 0 aromatic heterocycles. The van der Waals surface area contributed by atoms with Crippen LogP contribution < -0.4 is 20.4 Å². The number of rotatable bonds is 10. The van der Waals surface area contributed by atoms with E-state index in [1.807, 2.05) is 18.2 Å². The highest BCUT2D eigenvalue weighted by atomic mass is 16.6. The van der Waals surface area contributed by atoms with Gasteiger partial charge in [0.1, 0.15) is 19.3 Å². The van der Waals surface area contributed by atoms with Gasteiger partial charge in [0.25, 0.3) is 0 Å². The maximum Gasteiger partial charge on any atom is 0.161 e. The number of nitrogens with zero attached hydrogens (tertiary/aromatic N) is 2. The Hall–Kier alpha value is -1.96. The first-order chi connectivity index (χ1) is 14.7. The molecule has 1 saturated heterocycles. The lowest BCUT2D eigenvalue weighted by atomic mass is 10.0.